The van der Waals surface area contributed by atoms with Crippen LogP contribution in [0, 0.1) is 11.8 Å². The highest BCUT2D eigenvalue weighted by Crippen LogP contribution is 2.46. The SMILES string of the molecule is COC[C@H]1CN(C(=O)[C@]2(F)CN(C(C)C)C[C@H]2c2ccc(OC)cc2)C[C@@H]1c1ccc(C(F)(F)F)cc1N1CCC(C(=O)O)CC1. The fourth-order valence-electron chi connectivity index (χ4n) is 7.38. The van der Waals surface area contributed by atoms with Gasteiger partial charge in [-0.1, -0.05) is 18.2 Å². The summed E-state index contributed by atoms with van der Waals surface area (Å²) in [6.45, 7) is 5.35. The van der Waals surface area contributed by atoms with Gasteiger partial charge in [0.25, 0.3) is 5.91 Å². The third-order valence-electron chi connectivity index (χ3n) is 10.1. The summed E-state index contributed by atoms with van der Waals surface area (Å²) in [6, 6.07) is 10.7. The van der Waals surface area contributed by atoms with E-state index in [1.54, 1.807) is 31.4 Å². The number of nitrogens with zero attached hydrogens (tertiary/aromatic N) is 3. The maximum atomic E-state index is 17.3. The molecule has 0 aromatic heterocycles. The zero-order valence-electron chi connectivity index (χ0n) is 26.7. The van der Waals surface area contributed by atoms with Crippen molar-refractivity contribution in [2.75, 3.05) is 65.0 Å². The summed E-state index contributed by atoms with van der Waals surface area (Å²) in [6.07, 6.45) is -3.95. The highest BCUT2D eigenvalue weighted by atomic mass is 19.4. The average Bonchev–Trinajstić information content (AvgIpc) is 3.62. The van der Waals surface area contributed by atoms with E-state index in [0.717, 1.165) is 12.1 Å². The Morgan fingerprint density at radius 3 is 2.26 bits per heavy atom. The van der Waals surface area contributed by atoms with Gasteiger partial charge in [-0.3, -0.25) is 14.5 Å². The Morgan fingerprint density at radius 2 is 1.70 bits per heavy atom. The highest BCUT2D eigenvalue weighted by Gasteiger charge is 2.57. The van der Waals surface area contributed by atoms with E-state index in [-0.39, 0.29) is 51.3 Å². The summed E-state index contributed by atoms with van der Waals surface area (Å²) in [4.78, 5) is 31.1. The first-order valence-corrected chi connectivity index (χ1v) is 15.8. The maximum Gasteiger partial charge on any atom is 0.416 e. The first-order valence-electron chi connectivity index (χ1n) is 15.8. The quantitative estimate of drug-likeness (QED) is 0.364. The Balaban J connectivity index is 1.47. The number of halogens is 4. The van der Waals surface area contributed by atoms with E-state index in [0.29, 0.717) is 42.0 Å². The average molecular weight is 650 g/mol. The lowest BCUT2D eigenvalue weighted by Crippen LogP contribution is -2.50. The number of amides is 1. The minimum atomic E-state index is -4.57. The molecule has 3 heterocycles. The fraction of sp³-hybridized carbons (Fsp3) is 0.588. The van der Waals surface area contributed by atoms with Crippen LogP contribution in [0.3, 0.4) is 0 Å². The van der Waals surface area contributed by atoms with Gasteiger partial charge in [0.15, 0.2) is 0 Å². The van der Waals surface area contributed by atoms with Gasteiger partial charge in [0.05, 0.1) is 25.2 Å². The number of methoxy groups -OCH3 is 2. The van der Waals surface area contributed by atoms with Crippen LogP contribution in [0.25, 0.3) is 0 Å². The van der Waals surface area contributed by atoms with Crippen LogP contribution in [0.4, 0.5) is 23.2 Å². The van der Waals surface area contributed by atoms with E-state index < -0.39 is 47.0 Å². The number of hydrogen-bond donors (Lipinski definition) is 1. The molecule has 0 saturated carbocycles. The zero-order chi connectivity index (χ0) is 33.4. The monoisotopic (exact) mass is 649 g/mol. The topological polar surface area (TPSA) is 82.6 Å². The third-order valence-corrected chi connectivity index (χ3v) is 10.1. The second kappa shape index (κ2) is 13.4. The van der Waals surface area contributed by atoms with Gasteiger partial charge >= 0.3 is 12.1 Å². The zero-order valence-corrected chi connectivity index (χ0v) is 26.7. The number of piperidine rings is 1. The third kappa shape index (κ3) is 6.69. The predicted molar refractivity (Wildman–Crippen MR) is 165 cm³/mol. The molecule has 0 bridgehead atoms. The summed E-state index contributed by atoms with van der Waals surface area (Å²) in [5, 5.41) is 9.46. The number of carbonyl (C=O) groups excluding carboxylic acids is 1. The van der Waals surface area contributed by atoms with Crippen LogP contribution in [0.1, 0.15) is 55.2 Å². The van der Waals surface area contributed by atoms with E-state index in [2.05, 4.69) is 0 Å². The van der Waals surface area contributed by atoms with Crippen LogP contribution in [-0.2, 0) is 20.5 Å². The Kier molecular flexibility index (Phi) is 9.89. The van der Waals surface area contributed by atoms with E-state index in [9.17, 15) is 27.9 Å². The molecule has 4 atom stereocenters. The smallest absolute Gasteiger partial charge is 0.416 e. The lowest BCUT2D eigenvalue weighted by Gasteiger charge is -2.35. The standard InChI is InChI=1S/C34H43F4N3O5/c1-21(2)41-18-29(22-5-8-26(46-4)9-6-22)33(35,20-41)32(44)40-16-24(19-45-3)28(17-40)27-10-7-25(34(36,37)38)15-30(27)39-13-11-23(12-14-39)31(42)43/h5-10,15,21,23-24,28-29H,11-14,16-20H2,1-4H3,(H,42,43)/t24-,28+,29+,33+/m1/s1. The van der Waals surface area contributed by atoms with Crippen molar-refractivity contribution in [3.8, 4) is 5.75 Å². The number of aliphatic carboxylic acids is 1. The number of carboxylic acids is 1. The summed E-state index contributed by atoms with van der Waals surface area (Å²) in [5.41, 5.74) is -1.33. The number of ether oxygens (including phenoxy) is 2. The molecule has 3 fully saturated rings. The Bertz CT molecular complexity index is 1400. The van der Waals surface area contributed by atoms with Crippen molar-refractivity contribution in [1.29, 1.82) is 0 Å². The fourth-order valence-corrected chi connectivity index (χ4v) is 7.38. The molecule has 8 nitrogen and oxygen atoms in total. The minimum absolute atomic E-state index is 0.0127. The molecule has 2 aromatic rings. The molecule has 46 heavy (non-hydrogen) atoms. The van der Waals surface area contributed by atoms with E-state index in [1.165, 1.54) is 18.1 Å². The Labute approximate surface area is 267 Å². The van der Waals surface area contributed by atoms with Crippen LogP contribution in [-0.4, -0.2) is 98.6 Å². The molecule has 3 saturated heterocycles. The Morgan fingerprint density at radius 1 is 1.02 bits per heavy atom. The largest absolute Gasteiger partial charge is 0.497 e. The molecule has 252 valence electrons. The number of likely N-dealkylation sites (tertiary alicyclic amines) is 2. The van der Waals surface area contributed by atoms with Crippen molar-refractivity contribution in [3.05, 3.63) is 59.2 Å². The number of benzene rings is 2. The molecule has 0 aliphatic carbocycles. The number of hydrogen-bond acceptors (Lipinski definition) is 6. The van der Waals surface area contributed by atoms with Crippen molar-refractivity contribution in [1.82, 2.24) is 9.80 Å². The number of alkyl halides is 4. The molecule has 5 rings (SSSR count). The lowest BCUT2D eigenvalue weighted by atomic mass is 9.85. The van der Waals surface area contributed by atoms with Gasteiger partial charge in [-0.15, -0.1) is 0 Å². The molecule has 3 aliphatic heterocycles. The molecule has 12 heteroatoms. The van der Waals surface area contributed by atoms with E-state index in [1.807, 2.05) is 23.6 Å². The van der Waals surface area contributed by atoms with Crippen molar-refractivity contribution in [2.24, 2.45) is 11.8 Å². The molecule has 1 N–H and O–H groups in total. The normalized spacial score (nSPS) is 26.2. The summed E-state index contributed by atoms with van der Waals surface area (Å²) in [7, 11) is 3.08. The lowest BCUT2D eigenvalue weighted by molar-refractivity contribution is -0.143. The minimum Gasteiger partial charge on any atom is -0.497 e. The maximum absolute atomic E-state index is 17.3. The molecule has 0 radical (unpaired) electrons. The van der Waals surface area contributed by atoms with Crippen LogP contribution in [0.5, 0.6) is 5.75 Å². The molecular formula is C34H43F4N3O5. The van der Waals surface area contributed by atoms with Gasteiger partial charge in [0, 0.05) is 75.9 Å². The van der Waals surface area contributed by atoms with Crippen molar-refractivity contribution < 1.29 is 41.7 Å². The van der Waals surface area contributed by atoms with Crippen LogP contribution >= 0.6 is 0 Å². The van der Waals surface area contributed by atoms with Gasteiger partial charge < -0.3 is 24.4 Å². The first kappa shape index (κ1) is 34.0. The highest BCUT2D eigenvalue weighted by molar-refractivity contribution is 5.88. The predicted octanol–water partition coefficient (Wildman–Crippen LogP) is 5.42. The van der Waals surface area contributed by atoms with Gasteiger partial charge in [0.2, 0.25) is 5.67 Å². The number of rotatable bonds is 9. The number of anilines is 1. The van der Waals surface area contributed by atoms with Gasteiger partial charge in [-0.25, -0.2) is 4.39 Å². The molecule has 2 aromatic carbocycles. The molecular weight excluding hydrogens is 606 g/mol. The Hall–Kier alpha value is -3.38. The van der Waals surface area contributed by atoms with Gasteiger partial charge in [-0.05, 0) is 62.1 Å². The molecule has 1 amide bonds. The summed E-state index contributed by atoms with van der Waals surface area (Å²) in [5.74, 6) is -2.88. The van der Waals surface area contributed by atoms with Crippen molar-refractivity contribution in [3.63, 3.8) is 0 Å². The van der Waals surface area contributed by atoms with E-state index >= 15 is 4.39 Å². The summed E-state index contributed by atoms with van der Waals surface area (Å²) < 4.78 is 69.7. The van der Waals surface area contributed by atoms with Gasteiger partial charge in [0.1, 0.15) is 5.75 Å². The van der Waals surface area contributed by atoms with Crippen LogP contribution in [0.15, 0.2) is 42.5 Å². The molecule has 0 spiro atoms. The van der Waals surface area contributed by atoms with Crippen LogP contribution < -0.4 is 9.64 Å². The number of carboxylic acid groups (broad SMARTS) is 1. The second-order valence-electron chi connectivity index (χ2n) is 13.1. The second-order valence-corrected chi connectivity index (χ2v) is 13.1. The van der Waals surface area contributed by atoms with Gasteiger partial charge in [-0.2, -0.15) is 13.2 Å². The molecule has 3 aliphatic rings. The summed E-state index contributed by atoms with van der Waals surface area (Å²) >= 11 is 0. The van der Waals surface area contributed by atoms with Crippen molar-refractivity contribution in [2.45, 2.75) is 56.4 Å². The van der Waals surface area contributed by atoms with Crippen molar-refractivity contribution >= 4 is 17.6 Å². The molecule has 0 unspecified atom stereocenters. The number of carbonyl (C=O) groups is 2. The first-order chi connectivity index (χ1) is 21.8. The van der Waals surface area contributed by atoms with Crippen LogP contribution in [0.2, 0.25) is 0 Å². The van der Waals surface area contributed by atoms with E-state index in [4.69, 9.17) is 9.47 Å².